The smallest absolute Gasteiger partial charge is 0.234 e. The summed E-state index contributed by atoms with van der Waals surface area (Å²) < 4.78 is 10.6. The van der Waals surface area contributed by atoms with Crippen molar-refractivity contribution in [1.29, 1.82) is 0 Å². The molecule has 0 atom stereocenters. The third kappa shape index (κ3) is 4.63. The standard InChI is InChI=1S/C16H24N2O3/c1-3-7-18(8-4-2)11-16(19)17-10-13-5-6-14-15(9-13)21-12-20-14/h5-6,9H,3-4,7-8,10-12H2,1-2H3,(H,17,19). The summed E-state index contributed by atoms with van der Waals surface area (Å²) in [5, 5.41) is 2.96. The Balaban J connectivity index is 1.80. The maximum atomic E-state index is 12.0. The number of carbonyl (C=O) groups is 1. The third-order valence-electron chi connectivity index (χ3n) is 3.37. The molecule has 2 rings (SSSR count). The predicted molar refractivity (Wildman–Crippen MR) is 81.4 cm³/mol. The normalized spacial score (nSPS) is 12.7. The first-order valence-electron chi connectivity index (χ1n) is 7.60. The first-order chi connectivity index (χ1) is 10.2. The van der Waals surface area contributed by atoms with Crippen molar-refractivity contribution >= 4 is 5.91 Å². The van der Waals surface area contributed by atoms with Crippen molar-refractivity contribution in [3.8, 4) is 11.5 Å². The molecule has 1 heterocycles. The van der Waals surface area contributed by atoms with Gasteiger partial charge in [0.2, 0.25) is 12.7 Å². The Morgan fingerprint density at radius 3 is 2.62 bits per heavy atom. The van der Waals surface area contributed by atoms with Crippen LogP contribution in [0.15, 0.2) is 18.2 Å². The van der Waals surface area contributed by atoms with Crippen LogP contribution in [0.2, 0.25) is 0 Å². The Morgan fingerprint density at radius 1 is 1.19 bits per heavy atom. The molecule has 0 spiro atoms. The van der Waals surface area contributed by atoms with Crippen molar-refractivity contribution < 1.29 is 14.3 Å². The van der Waals surface area contributed by atoms with Gasteiger partial charge in [-0.1, -0.05) is 19.9 Å². The van der Waals surface area contributed by atoms with Gasteiger partial charge in [0.1, 0.15) is 0 Å². The lowest BCUT2D eigenvalue weighted by Crippen LogP contribution is -2.37. The highest BCUT2D eigenvalue weighted by Crippen LogP contribution is 2.32. The summed E-state index contributed by atoms with van der Waals surface area (Å²) in [6.07, 6.45) is 2.13. The van der Waals surface area contributed by atoms with Crippen LogP contribution >= 0.6 is 0 Å². The number of carbonyl (C=O) groups excluding carboxylic acids is 1. The highest BCUT2D eigenvalue weighted by Gasteiger charge is 2.14. The lowest BCUT2D eigenvalue weighted by molar-refractivity contribution is -0.122. The minimum atomic E-state index is 0.0644. The number of fused-ring (bicyclic) bond motifs is 1. The van der Waals surface area contributed by atoms with Crippen molar-refractivity contribution in [3.05, 3.63) is 23.8 Å². The second-order valence-corrected chi connectivity index (χ2v) is 5.24. The molecule has 1 aliphatic rings. The zero-order chi connectivity index (χ0) is 15.1. The molecular weight excluding hydrogens is 268 g/mol. The number of ether oxygens (including phenoxy) is 2. The Kier molecular flexibility index (Phi) is 5.87. The summed E-state index contributed by atoms with van der Waals surface area (Å²) in [7, 11) is 0. The Morgan fingerprint density at radius 2 is 1.90 bits per heavy atom. The van der Waals surface area contributed by atoms with E-state index in [1.165, 1.54) is 0 Å². The van der Waals surface area contributed by atoms with Crippen LogP contribution in [0.25, 0.3) is 0 Å². The molecule has 5 nitrogen and oxygen atoms in total. The second kappa shape index (κ2) is 7.88. The van der Waals surface area contributed by atoms with Gasteiger partial charge in [-0.2, -0.15) is 0 Å². The van der Waals surface area contributed by atoms with E-state index in [9.17, 15) is 4.79 Å². The van der Waals surface area contributed by atoms with Crippen LogP contribution in [-0.2, 0) is 11.3 Å². The molecule has 0 bridgehead atoms. The molecule has 1 aromatic rings. The molecule has 0 saturated heterocycles. The molecule has 0 aromatic heterocycles. The number of amides is 1. The van der Waals surface area contributed by atoms with Gasteiger partial charge in [0.05, 0.1) is 6.54 Å². The van der Waals surface area contributed by atoms with Gasteiger partial charge in [0.25, 0.3) is 0 Å². The van der Waals surface area contributed by atoms with Gasteiger partial charge in [-0.3, -0.25) is 9.69 Å². The van der Waals surface area contributed by atoms with Crippen molar-refractivity contribution in [1.82, 2.24) is 10.2 Å². The van der Waals surface area contributed by atoms with Crippen molar-refractivity contribution in [2.45, 2.75) is 33.2 Å². The van der Waals surface area contributed by atoms with Crippen LogP contribution in [0, 0.1) is 0 Å². The largest absolute Gasteiger partial charge is 0.454 e. The molecule has 1 aromatic carbocycles. The van der Waals surface area contributed by atoms with Crippen molar-refractivity contribution in [2.75, 3.05) is 26.4 Å². The van der Waals surface area contributed by atoms with E-state index >= 15 is 0 Å². The molecule has 0 radical (unpaired) electrons. The molecule has 1 amide bonds. The summed E-state index contributed by atoms with van der Waals surface area (Å²) in [5.41, 5.74) is 1.02. The fourth-order valence-electron chi connectivity index (χ4n) is 2.41. The zero-order valence-corrected chi connectivity index (χ0v) is 12.9. The van der Waals surface area contributed by atoms with Gasteiger partial charge in [-0.25, -0.2) is 0 Å². The molecule has 0 fully saturated rings. The van der Waals surface area contributed by atoms with E-state index in [0.717, 1.165) is 43.0 Å². The number of rotatable bonds is 8. The molecule has 116 valence electrons. The monoisotopic (exact) mass is 292 g/mol. The molecule has 0 unspecified atom stereocenters. The Bertz CT molecular complexity index is 471. The van der Waals surface area contributed by atoms with Crippen LogP contribution in [0.5, 0.6) is 11.5 Å². The maximum Gasteiger partial charge on any atom is 0.234 e. The first kappa shape index (κ1) is 15.6. The van der Waals surface area contributed by atoms with Gasteiger partial charge in [0.15, 0.2) is 11.5 Å². The maximum absolute atomic E-state index is 12.0. The van der Waals surface area contributed by atoms with Crippen LogP contribution in [0.4, 0.5) is 0 Å². The van der Waals surface area contributed by atoms with Gasteiger partial charge < -0.3 is 14.8 Å². The summed E-state index contributed by atoms with van der Waals surface area (Å²) >= 11 is 0. The lowest BCUT2D eigenvalue weighted by atomic mass is 10.2. The number of hydrogen-bond donors (Lipinski definition) is 1. The van der Waals surface area contributed by atoms with Crippen LogP contribution in [0.1, 0.15) is 32.3 Å². The predicted octanol–water partition coefficient (Wildman–Crippen LogP) is 2.15. The second-order valence-electron chi connectivity index (χ2n) is 5.24. The van der Waals surface area contributed by atoms with Crippen molar-refractivity contribution in [2.24, 2.45) is 0 Å². The first-order valence-corrected chi connectivity index (χ1v) is 7.60. The van der Waals surface area contributed by atoms with E-state index in [-0.39, 0.29) is 12.7 Å². The fourth-order valence-corrected chi connectivity index (χ4v) is 2.41. The SMILES string of the molecule is CCCN(CCC)CC(=O)NCc1ccc2c(c1)OCO2. The summed E-state index contributed by atoms with van der Waals surface area (Å²) in [6, 6.07) is 5.74. The third-order valence-corrected chi connectivity index (χ3v) is 3.37. The Labute approximate surface area is 126 Å². The van der Waals surface area contributed by atoms with Crippen LogP contribution < -0.4 is 14.8 Å². The van der Waals surface area contributed by atoms with E-state index in [2.05, 4.69) is 24.1 Å². The molecule has 5 heteroatoms. The van der Waals surface area contributed by atoms with E-state index in [0.29, 0.717) is 13.1 Å². The lowest BCUT2D eigenvalue weighted by Gasteiger charge is -2.20. The van der Waals surface area contributed by atoms with E-state index in [4.69, 9.17) is 9.47 Å². The molecular formula is C16H24N2O3. The quantitative estimate of drug-likeness (QED) is 0.797. The highest BCUT2D eigenvalue weighted by molar-refractivity contribution is 5.78. The molecule has 1 aliphatic heterocycles. The molecule has 0 aliphatic carbocycles. The van der Waals surface area contributed by atoms with Gasteiger partial charge in [-0.05, 0) is 43.6 Å². The fraction of sp³-hybridized carbons (Fsp3) is 0.562. The van der Waals surface area contributed by atoms with E-state index in [1.807, 2.05) is 18.2 Å². The van der Waals surface area contributed by atoms with Gasteiger partial charge in [-0.15, -0.1) is 0 Å². The van der Waals surface area contributed by atoms with Crippen LogP contribution in [0.3, 0.4) is 0 Å². The number of hydrogen-bond acceptors (Lipinski definition) is 4. The summed E-state index contributed by atoms with van der Waals surface area (Å²) in [4.78, 5) is 14.2. The molecule has 21 heavy (non-hydrogen) atoms. The average Bonchev–Trinajstić information content (AvgIpc) is 2.93. The number of benzene rings is 1. The molecule has 1 N–H and O–H groups in total. The number of nitrogens with one attached hydrogen (secondary N) is 1. The van der Waals surface area contributed by atoms with E-state index < -0.39 is 0 Å². The minimum absolute atomic E-state index is 0.0644. The molecule has 0 saturated carbocycles. The minimum Gasteiger partial charge on any atom is -0.454 e. The van der Waals surface area contributed by atoms with Gasteiger partial charge in [0, 0.05) is 6.54 Å². The summed E-state index contributed by atoms with van der Waals surface area (Å²) in [5.74, 6) is 1.58. The van der Waals surface area contributed by atoms with Crippen LogP contribution in [-0.4, -0.2) is 37.2 Å². The number of nitrogens with zero attached hydrogens (tertiary/aromatic N) is 1. The van der Waals surface area contributed by atoms with Gasteiger partial charge >= 0.3 is 0 Å². The highest BCUT2D eigenvalue weighted by atomic mass is 16.7. The van der Waals surface area contributed by atoms with Crippen molar-refractivity contribution in [3.63, 3.8) is 0 Å². The Hall–Kier alpha value is -1.75. The topological polar surface area (TPSA) is 50.8 Å². The summed E-state index contributed by atoms with van der Waals surface area (Å²) in [6.45, 7) is 7.44. The zero-order valence-electron chi connectivity index (χ0n) is 12.9. The average molecular weight is 292 g/mol. The van der Waals surface area contributed by atoms with E-state index in [1.54, 1.807) is 0 Å².